The Morgan fingerprint density at radius 3 is 2.50 bits per heavy atom. The zero-order chi connectivity index (χ0) is 15.3. The third kappa shape index (κ3) is 2.47. The lowest BCUT2D eigenvalue weighted by molar-refractivity contribution is 0.0223. The van der Waals surface area contributed by atoms with Crippen molar-refractivity contribution in [2.45, 2.75) is 35.3 Å². The van der Waals surface area contributed by atoms with Gasteiger partial charge in [-0.15, -0.1) is 0 Å². The van der Waals surface area contributed by atoms with Crippen LogP contribution in [0.25, 0.3) is 0 Å². The van der Waals surface area contributed by atoms with E-state index in [1.54, 1.807) is 6.07 Å². The summed E-state index contributed by atoms with van der Waals surface area (Å²) in [4.78, 5) is -0.178. The summed E-state index contributed by atoms with van der Waals surface area (Å²) in [5.74, 6) is 0.510. The van der Waals surface area contributed by atoms with Crippen molar-refractivity contribution < 1.29 is 18.3 Å². The number of nitrogens with zero attached hydrogens (tertiary/aromatic N) is 1. The minimum atomic E-state index is -3.53. The van der Waals surface area contributed by atoms with Crippen molar-refractivity contribution in [3.63, 3.8) is 0 Å². The molecule has 2 atom stereocenters. The van der Waals surface area contributed by atoms with E-state index in [9.17, 15) is 13.5 Å². The average molecular weight is 364 g/mol. The first-order valence-corrected chi connectivity index (χ1v) is 8.50. The molecule has 1 N–H and O–H groups in total. The van der Waals surface area contributed by atoms with Crippen molar-refractivity contribution >= 4 is 26.0 Å². The highest BCUT2D eigenvalue weighted by Crippen LogP contribution is 2.43. The fraction of sp³-hybridized carbons (Fsp3) is 0.538. The van der Waals surface area contributed by atoms with Crippen molar-refractivity contribution in [3.8, 4) is 5.75 Å². The van der Waals surface area contributed by atoms with Gasteiger partial charge in [0.25, 0.3) is 0 Å². The fourth-order valence-electron chi connectivity index (χ4n) is 2.10. The molecule has 0 unspecified atom stereocenters. The number of aliphatic hydroxyl groups is 1. The maximum atomic E-state index is 12.1. The molecular formula is C13H18BrNO4S. The molecule has 7 heteroatoms. The molecule has 5 nitrogen and oxygen atoms in total. The summed E-state index contributed by atoms with van der Waals surface area (Å²) in [7, 11) is -0.588. The number of aliphatic hydroxyl groups excluding tert-OH is 1. The van der Waals surface area contributed by atoms with E-state index in [4.69, 9.17) is 4.74 Å². The van der Waals surface area contributed by atoms with Crippen LogP contribution >= 0.6 is 15.9 Å². The normalized spacial score (nSPS) is 25.1. The second kappa shape index (κ2) is 4.98. The van der Waals surface area contributed by atoms with E-state index in [0.717, 1.165) is 4.31 Å². The Labute approximate surface area is 127 Å². The Balaban J connectivity index is 2.54. The molecule has 20 heavy (non-hydrogen) atoms. The molecule has 1 aromatic rings. The average Bonchev–Trinajstić information content (AvgIpc) is 2.35. The molecular weight excluding hydrogens is 346 g/mol. The SMILES string of the molecule is CN(C)S(=O)(=O)c1ccc2c(c1)[C@H](O)[C@@H](Br)C(C)(C)O2. The Hall–Kier alpha value is -0.630. The van der Waals surface area contributed by atoms with Gasteiger partial charge in [-0.05, 0) is 32.0 Å². The lowest BCUT2D eigenvalue weighted by Gasteiger charge is -2.40. The van der Waals surface area contributed by atoms with Gasteiger partial charge in [-0.2, -0.15) is 0 Å². The van der Waals surface area contributed by atoms with Crippen LogP contribution in [0.2, 0.25) is 0 Å². The van der Waals surface area contributed by atoms with Crippen LogP contribution in [0, 0.1) is 0 Å². The highest BCUT2D eigenvalue weighted by molar-refractivity contribution is 9.09. The molecule has 0 saturated carbocycles. The molecule has 0 saturated heterocycles. The van der Waals surface area contributed by atoms with Gasteiger partial charge in [0.1, 0.15) is 11.4 Å². The minimum absolute atomic E-state index is 0.142. The summed E-state index contributed by atoms with van der Waals surface area (Å²) >= 11 is 3.41. The lowest BCUT2D eigenvalue weighted by atomic mass is 9.91. The van der Waals surface area contributed by atoms with E-state index < -0.39 is 21.7 Å². The van der Waals surface area contributed by atoms with Crippen LogP contribution in [-0.4, -0.2) is 42.4 Å². The van der Waals surface area contributed by atoms with E-state index in [0.29, 0.717) is 11.3 Å². The summed E-state index contributed by atoms with van der Waals surface area (Å²) in [5, 5.41) is 10.4. The lowest BCUT2D eigenvalue weighted by Crippen LogP contribution is -2.45. The summed E-state index contributed by atoms with van der Waals surface area (Å²) < 4.78 is 31.2. The second-order valence-electron chi connectivity index (χ2n) is 5.54. The maximum Gasteiger partial charge on any atom is 0.242 e. The molecule has 112 valence electrons. The van der Waals surface area contributed by atoms with Crippen LogP contribution in [0.4, 0.5) is 0 Å². The highest BCUT2D eigenvalue weighted by Gasteiger charge is 2.42. The minimum Gasteiger partial charge on any atom is -0.486 e. The standard InChI is InChI=1S/C13H18BrNO4S/c1-13(2)12(14)11(16)9-7-8(5-6-10(9)19-13)20(17,18)15(3)4/h5-7,11-12,16H,1-4H3/t11-,12+/m0/s1. The third-order valence-corrected chi connectivity index (χ3v) is 6.81. The van der Waals surface area contributed by atoms with Gasteiger partial charge in [-0.1, -0.05) is 15.9 Å². The zero-order valence-electron chi connectivity index (χ0n) is 11.8. The van der Waals surface area contributed by atoms with Crippen molar-refractivity contribution in [1.82, 2.24) is 4.31 Å². The summed E-state index contributed by atoms with van der Waals surface area (Å²) in [5.41, 5.74) is -0.0944. The van der Waals surface area contributed by atoms with Gasteiger partial charge in [0.05, 0.1) is 15.8 Å². The molecule has 1 heterocycles. The number of halogens is 1. The van der Waals surface area contributed by atoms with Gasteiger partial charge in [0.15, 0.2) is 0 Å². The molecule has 1 aromatic carbocycles. The molecule has 0 radical (unpaired) electrons. The van der Waals surface area contributed by atoms with Crippen LogP contribution in [0.15, 0.2) is 23.1 Å². The van der Waals surface area contributed by atoms with Crippen LogP contribution in [0.1, 0.15) is 25.5 Å². The smallest absolute Gasteiger partial charge is 0.242 e. The van der Waals surface area contributed by atoms with Gasteiger partial charge in [0, 0.05) is 19.7 Å². The topological polar surface area (TPSA) is 66.8 Å². The van der Waals surface area contributed by atoms with Crippen molar-refractivity contribution in [2.75, 3.05) is 14.1 Å². The number of ether oxygens (including phenoxy) is 1. The predicted octanol–water partition coefficient (Wildman–Crippen LogP) is 1.90. The Morgan fingerprint density at radius 2 is 1.95 bits per heavy atom. The first-order valence-electron chi connectivity index (χ1n) is 6.15. The first-order chi connectivity index (χ1) is 9.07. The maximum absolute atomic E-state index is 12.1. The largest absolute Gasteiger partial charge is 0.486 e. The van der Waals surface area contributed by atoms with E-state index in [1.807, 2.05) is 13.8 Å². The van der Waals surface area contributed by atoms with Crippen LogP contribution in [0.5, 0.6) is 5.75 Å². The summed E-state index contributed by atoms with van der Waals surface area (Å²) in [6.45, 7) is 3.73. The zero-order valence-corrected chi connectivity index (χ0v) is 14.2. The predicted molar refractivity (Wildman–Crippen MR) is 79.7 cm³/mol. The Morgan fingerprint density at radius 1 is 1.35 bits per heavy atom. The van der Waals surface area contributed by atoms with Crippen LogP contribution in [0.3, 0.4) is 0 Å². The molecule has 0 amide bonds. The molecule has 0 aromatic heterocycles. The molecule has 2 rings (SSSR count). The number of rotatable bonds is 2. The van der Waals surface area contributed by atoms with Crippen LogP contribution in [-0.2, 0) is 10.0 Å². The monoisotopic (exact) mass is 363 g/mol. The summed E-state index contributed by atoms with van der Waals surface area (Å²) in [6.07, 6.45) is -0.828. The molecule has 0 fully saturated rings. The van der Waals surface area contributed by atoms with Crippen LogP contribution < -0.4 is 4.74 Å². The number of alkyl halides is 1. The Kier molecular flexibility index (Phi) is 3.92. The first kappa shape index (κ1) is 15.8. The molecule has 0 aliphatic carbocycles. The van der Waals surface area contributed by atoms with E-state index in [1.165, 1.54) is 26.2 Å². The number of fused-ring (bicyclic) bond motifs is 1. The number of sulfonamides is 1. The summed E-state index contributed by atoms with van der Waals surface area (Å²) in [6, 6.07) is 4.56. The molecule has 1 aliphatic heterocycles. The number of benzene rings is 1. The van der Waals surface area contributed by atoms with Crippen molar-refractivity contribution in [3.05, 3.63) is 23.8 Å². The number of hydrogen-bond acceptors (Lipinski definition) is 4. The van der Waals surface area contributed by atoms with Crippen molar-refractivity contribution in [1.29, 1.82) is 0 Å². The Bertz CT molecular complexity index is 627. The second-order valence-corrected chi connectivity index (χ2v) is 8.68. The van der Waals surface area contributed by atoms with Gasteiger partial charge >= 0.3 is 0 Å². The molecule has 1 aliphatic rings. The molecule has 0 spiro atoms. The van der Waals surface area contributed by atoms with Gasteiger partial charge in [-0.3, -0.25) is 0 Å². The van der Waals surface area contributed by atoms with Gasteiger partial charge < -0.3 is 9.84 Å². The van der Waals surface area contributed by atoms with Gasteiger partial charge in [0.2, 0.25) is 10.0 Å². The van der Waals surface area contributed by atoms with Gasteiger partial charge in [-0.25, -0.2) is 12.7 Å². The van der Waals surface area contributed by atoms with E-state index in [-0.39, 0.29) is 9.72 Å². The molecule has 0 bridgehead atoms. The van der Waals surface area contributed by atoms with Crippen molar-refractivity contribution in [2.24, 2.45) is 0 Å². The number of hydrogen-bond donors (Lipinski definition) is 1. The highest BCUT2D eigenvalue weighted by atomic mass is 79.9. The quantitative estimate of drug-likeness (QED) is 0.815. The van der Waals surface area contributed by atoms with E-state index >= 15 is 0 Å². The van der Waals surface area contributed by atoms with E-state index in [2.05, 4.69) is 15.9 Å². The third-order valence-electron chi connectivity index (χ3n) is 3.39. The fourth-order valence-corrected chi connectivity index (χ4v) is 3.42.